The van der Waals surface area contributed by atoms with Gasteiger partial charge in [0.05, 0.1) is 4.92 Å². The number of rotatable bonds is 5. The number of hydrogen-bond acceptors (Lipinski definition) is 4. The molecular formula is C13H17N3O3. The molecule has 6 heteroatoms. The lowest BCUT2D eigenvalue weighted by atomic mass is 10.1. The molecule has 0 heterocycles. The van der Waals surface area contributed by atoms with Crippen LogP contribution in [0, 0.1) is 16.0 Å². The third-order valence-electron chi connectivity index (χ3n) is 3.29. The molecule has 1 amide bonds. The van der Waals surface area contributed by atoms with E-state index in [4.69, 9.17) is 0 Å². The number of hydrogen-bond donors (Lipinski definition) is 1. The molecule has 1 aliphatic carbocycles. The minimum atomic E-state index is -0.510. The highest BCUT2D eigenvalue weighted by Gasteiger charge is 2.29. The highest BCUT2D eigenvalue weighted by molar-refractivity contribution is 6.00. The largest absolute Gasteiger partial charge is 0.383 e. The van der Waals surface area contributed by atoms with Crippen LogP contribution in [0.15, 0.2) is 18.2 Å². The molecule has 1 aromatic carbocycles. The minimum absolute atomic E-state index is 0.139. The van der Waals surface area contributed by atoms with Crippen LogP contribution >= 0.6 is 0 Å². The molecule has 1 aromatic rings. The molecule has 1 N–H and O–H groups in total. The van der Waals surface area contributed by atoms with Crippen molar-refractivity contribution in [3.05, 3.63) is 33.9 Å². The van der Waals surface area contributed by atoms with E-state index in [1.54, 1.807) is 31.1 Å². The van der Waals surface area contributed by atoms with E-state index in [1.807, 2.05) is 0 Å². The molecule has 0 saturated heterocycles. The van der Waals surface area contributed by atoms with Crippen molar-refractivity contribution in [2.75, 3.05) is 26.0 Å². The fraction of sp³-hybridized carbons (Fsp3) is 0.462. The topological polar surface area (TPSA) is 75.5 Å². The summed E-state index contributed by atoms with van der Waals surface area (Å²) >= 11 is 0. The maximum absolute atomic E-state index is 12.3. The smallest absolute Gasteiger partial charge is 0.305 e. The van der Waals surface area contributed by atoms with Gasteiger partial charge in [-0.25, -0.2) is 0 Å². The molecule has 1 fully saturated rings. The summed E-state index contributed by atoms with van der Waals surface area (Å²) in [6, 6.07) is 4.75. The van der Waals surface area contributed by atoms with Crippen LogP contribution in [0.1, 0.15) is 23.2 Å². The van der Waals surface area contributed by atoms with Gasteiger partial charge < -0.3 is 10.2 Å². The van der Waals surface area contributed by atoms with Crippen LogP contribution < -0.4 is 5.32 Å². The third kappa shape index (κ3) is 2.83. The summed E-state index contributed by atoms with van der Waals surface area (Å²) < 4.78 is 0. The summed E-state index contributed by atoms with van der Waals surface area (Å²) in [4.78, 5) is 24.5. The molecule has 2 rings (SSSR count). The number of nitro benzene ring substituents is 1. The van der Waals surface area contributed by atoms with E-state index in [0.29, 0.717) is 18.2 Å². The number of carbonyl (C=O) groups is 1. The number of carbonyl (C=O) groups excluding carboxylic acids is 1. The van der Waals surface area contributed by atoms with E-state index in [0.717, 1.165) is 12.8 Å². The normalized spacial score (nSPS) is 14.0. The van der Waals surface area contributed by atoms with Crippen LogP contribution in [0.4, 0.5) is 11.4 Å². The summed E-state index contributed by atoms with van der Waals surface area (Å²) in [6.07, 6.45) is 2.27. The first kappa shape index (κ1) is 13.3. The van der Waals surface area contributed by atoms with E-state index in [1.165, 1.54) is 6.07 Å². The van der Waals surface area contributed by atoms with Crippen LogP contribution in [-0.2, 0) is 0 Å². The minimum Gasteiger partial charge on any atom is -0.383 e. The van der Waals surface area contributed by atoms with Gasteiger partial charge in [0.2, 0.25) is 0 Å². The quantitative estimate of drug-likeness (QED) is 0.652. The Bertz CT molecular complexity index is 512. The molecule has 0 atom stereocenters. The van der Waals surface area contributed by atoms with Gasteiger partial charge in [0.15, 0.2) is 0 Å². The van der Waals surface area contributed by atoms with Crippen LogP contribution in [0.2, 0.25) is 0 Å². The second-order valence-corrected chi connectivity index (χ2v) is 4.84. The number of anilines is 1. The van der Waals surface area contributed by atoms with Gasteiger partial charge >= 0.3 is 5.69 Å². The second-order valence-electron chi connectivity index (χ2n) is 4.84. The van der Waals surface area contributed by atoms with Crippen molar-refractivity contribution in [3.63, 3.8) is 0 Å². The standard InChI is InChI=1S/C13H17N3O3/c1-14-11-5-3-4-10(12(11)16(18)19)13(17)15(2)8-9-6-7-9/h3-5,9,14H,6-8H2,1-2H3. The van der Waals surface area contributed by atoms with Gasteiger partial charge in [0, 0.05) is 20.6 Å². The monoisotopic (exact) mass is 263 g/mol. The van der Waals surface area contributed by atoms with Crippen LogP contribution in [0.5, 0.6) is 0 Å². The Morgan fingerprint density at radius 3 is 2.74 bits per heavy atom. The van der Waals surface area contributed by atoms with Crippen molar-refractivity contribution >= 4 is 17.3 Å². The van der Waals surface area contributed by atoms with Gasteiger partial charge in [0.25, 0.3) is 5.91 Å². The second kappa shape index (κ2) is 5.26. The fourth-order valence-electron chi connectivity index (χ4n) is 2.09. The number of nitrogens with zero attached hydrogens (tertiary/aromatic N) is 2. The zero-order chi connectivity index (χ0) is 14.0. The Hall–Kier alpha value is -2.11. The van der Waals surface area contributed by atoms with Crippen molar-refractivity contribution < 1.29 is 9.72 Å². The molecule has 6 nitrogen and oxygen atoms in total. The molecule has 0 bridgehead atoms. The number of benzene rings is 1. The van der Waals surface area contributed by atoms with E-state index >= 15 is 0 Å². The molecule has 19 heavy (non-hydrogen) atoms. The van der Waals surface area contributed by atoms with Gasteiger partial charge in [-0.1, -0.05) is 6.07 Å². The van der Waals surface area contributed by atoms with E-state index in [2.05, 4.69) is 5.32 Å². The van der Waals surface area contributed by atoms with E-state index in [9.17, 15) is 14.9 Å². The Balaban J connectivity index is 2.31. The first-order chi connectivity index (χ1) is 9.04. The fourth-order valence-corrected chi connectivity index (χ4v) is 2.09. The van der Waals surface area contributed by atoms with Crippen molar-refractivity contribution in [2.45, 2.75) is 12.8 Å². The van der Waals surface area contributed by atoms with Crippen LogP contribution in [0.25, 0.3) is 0 Å². The van der Waals surface area contributed by atoms with Gasteiger partial charge in [-0.3, -0.25) is 14.9 Å². The maximum Gasteiger partial charge on any atom is 0.305 e. The lowest BCUT2D eigenvalue weighted by Gasteiger charge is -2.17. The first-order valence-corrected chi connectivity index (χ1v) is 6.25. The number of para-hydroxylation sites is 1. The summed E-state index contributed by atoms with van der Waals surface area (Å²) in [5.74, 6) is 0.260. The SMILES string of the molecule is CNc1cccc(C(=O)N(C)CC2CC2)c1[N+](=O)[O-]. The molecule has 0 radical (unpaired) electrons. The van der Waals surface area contributed by atoms with E-state index < -0.39 is 4.92 Å². The van der Waals surface area contributed by atoms with Crippen molar-refractivity contribution in [1.29, 1.82) is 0 Å². The average Bonchev–Trinajstić information content (AvgIpc) is 3.20. The molecule has 0 spiro atoms. The molecule has 1 saturated carbocycles. The maximum atomic E-state index is 12.3. The lowest BCUT2D eigenvalue weighted by molar-refractivity contribution is -0.384. The molecule has 0 aliphatic heterocycles. The zero-order valence-corrected chi connectivity index (χ0v) is 11.0. The lowest BCUT2D eigenvalue weighted by Crippen LogP contribution is -2.29. The number of amides is 1. The Morgan fingerprint density at radius 1 is 1.53 bits per heavy atom. The van der Waals surface area contributed by atoms with Crippen LogP contribution in [0.3, 0.4) is 0 Å². The Morgan fingerprint density at radius 2 is 2.21 bits per heavy atom. The molecule has 1 aliphatic rings. The first-order valence-electron chi connectivity index (χ1n) is 6.25. The van der Waals surface area contributed by atoms with Crippen molar-refractivity contribution in [1.82, 2.24) is 4.90 Å². The van der Waals surface area contributed by atoms with Gasteiger partial charge in [-0.15, -0.1) is 0 Å². The summed E-state index contributed by atoms with van der Waals surface area (Å²) in [5, 5.41) is 13.9. The third-order valence-corrected chi connectivity index (χ3v) is 3.29. The predicted molar refractivity (Wildman–Crippen MR) is 72.3 cm³/mol. The number of nitro groups is 1. The van der Waals surface area contributed by atoms with Crippen LogP contribution in [-0.4, -0.2) is 36.4 Å². The molecule has 0 unspecified atom stereocenters. The Labute approximate surface area is 111 Å². The van der Waals surface area contributed by atoms with Gasteiger partial charge in [-0.05, 0) is 30.9 Å². The van der Waals surface area contributed by atoms with Crippen molar-refractivity contribution in [2.24, 2.45) is 5.92 Å². The van der Waals surface area contributed by atoms with Crippen molar-refractivity contribution in [3.8, 4) is 0 Å². The van der Waals surface area contributed by atoms with Gasteiger partial charge in [0.1, 0.15) is 11.3 Å². The van der Waals surface area contributed by atoms with E-state index in [-0.39, 0.29) is 17.2 Å². The highest BCUT2D eigenvalue weighted by Crippen LogP contribution is 2.32. The predicted octanol–water partition coefficient (Wildman–Crippen LogP) is 2.12. The summed E-state index contributed by atoms with van der Waals surface area (Å²) in [5.41, 5.74) is 0.341. The number of nitrogens with one attached hydrogen (secondary N) is 1. The summed E-state index contributed by atoms with van der Waals surface area (Å²) in [7, 11) is 3.29. The zero-order valence-electron chi connectivity index (χ0n) is 11.0. The molecular weight excluding hydrogens is 246 g/mol. The molecule has 0 aromatic heterocycles. The highest BCUT2D eigenvalue weighted by atomic mass is 16.6. The average molecular weight is 263 g/mol. The van der Waals surface area contributed by atoms with Gasteiger partial charge in [-0.2, -0.15) is 0 Å². The summed E-state index contributed by atoms with van der Waals surface area (Å²) in [6.45, 7) is 0.666. The molecule has 102 valence electrons. The Kier molecular flexibility index (Phi) is 3.69.